The van der Waals surface area contributed by atoms with Crippen LogP contribution in [-0.2, 0) is 19.3 Å². The topological polar surface area (TPSA) is 74.0 Å². The van der Waals surface area contributed by atoms with E-state index >= 15 is 0 Å². The largest absolute Gasteiger partial charge is 0.384 e. The molecule has 0 fully saturated rings. The summed E-state index contributed by atoms with van der Waals surface area (Å²) in [5.74, 6) is -0.330. The Hall–Kier alpha value is -2.56. The number of benzene rings is 1. The highest BCUT2D eigenvalue weighted by molar-refractivity contribution is 6.05. The van der Waals surface area contributed by atoms with Crippen molar-refractivity contribution in [3.8, 4) is 0 Å². The fourth-order valence-electron chi connectivity index (χ4n) is 3.67. The lowest BCUT2D eigenvalue weighted by Gasteiger charge is -2.11. The molecule has 0 saturated heterocycles. The third kappa shape index (κ3) is 2.70. The minimum absolute atomic E-state index is 0.208. The predicted octanol–water partition coefficient (Wildman–Crippen LogP) is 2.86. The summed E-state index contributed by atoms with van der Waals surface area (Å²) in [5, 5.41) is 6.22. The highest BCUT2D eigenvalue weighted by atomic mass is 16.2. The first-order chi connectivity index (χ1) is 11.7. The molecule has 0 spiro atoms. The van der Waals surface area contributed by atoms with E-state index in [1.165, 1.54) is 6.42 Å². The molecule has 24 heavy (non-hydrogen) atoms. The number of carbonyl (C=O) groups is 1. The van der Waals surface area contributed by atoms with Crippen molar-refractivity contribution >= 4 is 17.3 Å². The number of aromatic nitrogens is 1. The van der Waals surface area contributed by atoms with Crippen LogP contribution in [0.1, 0.15) is 46.4 Å². The molecule has 5 heteroatoms. The van der Waals surface area contributed by atoms with Crippen molar-refractivity contribution in [3.63, 3.8) is 0 Å². The van der Waals surface area contributed by atoms with Crippen LogP contribution in [-0.4, -0.2) is 17.4 Å². The molecule has 5 nitrogen and oxygen atoms in total. The maximum Gasteiger partial charge on any atom is 0.261 e. The Bertz CT molecular complexity index is 854. The van der Waals surface area contributed by atoms with E-state index in [1.807, 2.05) is 18.2 Å². The Morgan fingerprint density at radius 2 is 1.96 bits per heavy atom. The Balaban J connectivity index is 1.65. The number of aryl methyl sites for hydroxylation is 2. The number of aromatic amines is 1. The van der Waals surface area contributed by atoms with Crippen LogP contribution in [0, 0.1) is 0 Å². The van der Waals surface area contributed by atoms with E-state index in [4.69, 9.17) is 0 Å². The minimum atomic E-state index is -0.330. The van der Waals surface area contributed by atoms with Gasteiger partial charge in [0.2, 0.25) is 0 Å². The summed E-state index contributed by atoms with van der Waals surface area (Å²) >= 11 is 0. The molecule has 1 aliphatic carbocycles. The minimum Gasteiger partial charge on any atom is -0.384 e. The number of anilines is 2. The molecule has 0 saturated carbocycles. The molecule has 3 N–H and O–H groups in total. The summed E-state index contributed by atoms with van der Waals surface area (Å²) in [7, 11) is 0. The molecule has 0 radical (unpaired) electrons. The zero-order chi connectivity index (χ0) is 16.5. The second kappa shape index (κ2) is 6.15. The zero-order valence-corrected chi connectivity index (χ0v) is 13.6. The fourth-order valence-corrected chi connectivity index (χ4v) is 3.67. The molecular formula is C19H21N3O2. The third-order valence-electron chi connectivity index (χ3n) is 4.95. The van der Waals surface area contributed by atoms with Crippen LogP contribution < -0.4 is 16.2 Å². The van der Waals surface area contributed by atoms with E-state index in [-0.39, 0.29) is 17.0 Å². The number of nitrogens with one attached hydrogen (secondary N) is 3. The van der Waals surface area contributed by atoms with Gasteiger partial charge in [-0.2, -0.15) is 0 Å². The van der Waals surface area contributed by atoms with Gasteiger partial charge < -0.3 is 15.6 Å². The Kier molecular flexibility index (Phi) is 3.84. The number of rotatable bonds is 2. The average Bonchev–Trinajstić information content (AvgIpc) is 2.94. The Labute approximate surface area is 140 Å². The lowest BCUT2D eigenvalue weighted by atomic mass is 10.1. The number of fused-ring (bicyclic) bond motifs is 2. The van der Waals surface area contributed by atoms with Gasteiger partial charge in [-0.25, -0.2) is 0 Å². The van der Waals surface area contributed by atoms with E-state index in [0.717, 1.165) is 66.8 Å². The smallest absolute Gasteiger partial charge is 0.261 e. The van der Waals surface area contributed by atoms with Crippen molar-refractivity contribution in [1.82, 2.24) is 4.98 Å². The Morgan fingerprint density at radius 3 is 2.88 bits per heavy atom. The van der Waals surface area contributed by atoms with Crippen molar-refractivity contribution < 1.29 is 4.79 Å². The second-order valence-corrected chi connectivity index (χ2v) is 6.54. The number of amides is 1. The maximum absolute atomic E-state index is 12.7. The monoisotopic (exact) mass is 323 g/mol. The molecule has 1 amide bonds. The van der Waals surface area contributed by atoms with E-state index < -0.39 is 0 Å². The molecule has 2 heterocycles. The normalized spacial score (nSPS) is 15.8. The first kappa shape index (κ1) is 15.0. The van der Waals surface area contributed by atoms with Crippen LogP contribution >= 0.6 is 0 Å². The molecule has 2 aliphatic rings. The lowest BCUT2D eigenvalue weighted by molar-refractivity contribution is 0.102. The van der Waals surface area contributed by atoms with Gasteiger partial charge >= 0.3 is 0 Å². The van der Waals surface area contributed by atoms with Crippen LogP contribution in [0.3, 0.4) is 0 Å². The van der Waals surface area contributed by atoms with Crippen molar-refractivity contribution in [2.75, 3.05) is 17.2 Å². The lowest BCUT2D eigenvalue weighted by Crippen LogP contribution is -2.25. The molecule has 1 aromatic carbocycles. The highest BCUT2D eigenvalue weighted by Crippen LogP contribution is 2.29. The summed E-state index contributed by atoms with van der Waals surface area (Å²) < 4.78 is 0. The molecule has 1 aliphatic heterocycles. The molecular weight excluding hydrogens is 302 g/mol. The first-order valence-corrected chi connectivity index (χ1v) is 8.64. The zero-order valence-electron chi connectivity index (χ0n) is 13.6. The van der Waals surface area contributed by atoms with Gasteiger partial charge in [0, 0.05) is 29.2 Å². The molecule has 0 bridgehead atoms. The maximum atomic E-state index is 12.7. The quantitative estimate of drug-likeness (QED) is 0.744. The van der Waals surface area contributed by atoms with Gasteiger partial charge in [-0.15, -0.1) is 0 Å². The molecule has 1 aromatic heterocycles. The van der Waals surface area contributed by atoms with Crippen LogP contribution in [0.25, 0.3) is 0 Å². The van der Waals surface area contributed by atoms with Gasteiger partial charge in [-0.05, 0) is 55.9 Å². The average molecular weight is 323 g/mol. The number of hydrogen-bond acceptors (Lipinski definition) is 3. The van der Waals surface area contributed by atoms with Gasteiger partial charge in [0.15, 0.2) is 0 Å². The fraction of sp³-hybridized carbons (Fsp3) is 0.368. The van der Waals surface area contributed by atoms with E-state index in [0.29, 0.717) is 0 Å². The van der Waals surface area contributed by atoms with Crippen molar-refractivity contribution in [3.05, 3.63) is 57.0 Å². The van der Waals surface area contributed by atoms with Crippen molar-refractivity contribution in [2.24, 2.45) is 0 Å². The van der Waals surface area contributed by atoms with Crippen LogP contribution in [0.5, 0.6) is 0 Å². The first-order valence-electron chi connectivity index (χ1n) is 8.64. The molecule has 0 atom stereocenters. The van der Waals surface area contributed by atoms with Crippen LogP contribution in [0.4, 0.5) is 11.4 Å². The summed E-state index contributed by atoms with van der Waals surface area (Å²) in [6.45, 7) is 0.877. The number of hydrogen-bond donors (Lipinski definition) is 3. The third-order valence-corrected chi connectivity index (χ3v) is 4.95. The summed E-state index contributed by atoms with van der Waals surface area (Å²) in [6, 6.07) is 7.60. The van der Waals surface area contributed by atoms with Crippen LogP contribution in [0.15, 0.2) is 29.1 Å². The van der Waals surface area contributed by atoms with Gasteiger partial charge in [-0.3, -0.25) is 9.59 Å². The van der Waals surface area contributed by atoms with Gasteiger partial charge in [0.1, 0.15) is 5.56 Å². The second-order valence-electron chi connectivity index (χ2n) is 6.54. The molecule has 2 aromatic rings. The number of pyridine rings is 1. The van der Waals surface area contributed by atoms with Gasteiger partial charge in [-0.1, -0.05) is 12.5 Å². The predicted molar refractivity (Wildman–Crippen MR) is 94.9 cm³/mol. The Morgan fingerprint density at radius 1 is 1.08 bits per heavy atom. The summed E-state index contributed by atoms with van der Waals surface area (Å²) in [4.78, 5) is 27.9. The van der Waals surface area contributed by atoms with Gasteiger partial charge in [0.25, 0.3) is 11.5 Å². The van der Waals surface area contributed by atoms with E-state index in [1.54, 1.807) is 6.07 Å². The molecule has 124 valence electrons. The van der Waals surface area contributed by atoms with E-state index in [9.17, 15) is 9.59 Å². The molecule has 0 unspecified atom stereocenters. The van der Waals surface area contributed by atoms with Crippen molar-refractivity contribution in [1.29, 1.82) is 0 Å². The van der Waals surface area contributed by atoms with Crippen molar-refractivity contribution in [2.45, 2.75) is 38.5 Å². The number of carbonyl (C=O) groups excluding carboxylic acids is 1. The van der Waals surface area contributed by atoms with Crippen LogP contribution in [0.2, 0.25) is 0 Å². The van der Waals surface area contributed by atoms with Gasteiger partial charge in [0.05, 0.1) is 0 Å². The number of H-pyrrole nitrogens is 1. The van der Waals surface area contributed by atoms with E-state index in [2.05, 4.69) is 15.6 Å². The summed E-state index contributed by atoms with van der Waals surface area (Å²) in [6.07, 6.45) is 6.07. The standard InChI is InChI=1S/C19H21N3O2/c23-18-14(11-12-5-2-1-3-6-15(12)21-18)19(24)22-17-8-4-7-16-13(17)9-10-20-16/h4,7-8,11,20H,1-3,5-6,9-10H2,(H,21,23)(H,22,24). The highest BCUT2D eigenvalue weighted by Gasteiger charge is 2.19. The SMILES string of the molecule is O=C(Nc1cccc2c1CCN2)c1cc2c([nH]c1=O)CCCCC2. The molecule has 4 rings (SSSR count). The summed E-state index contributed by atoms with van der Waals surface area (Å²) in [5.41, 5.74) is 4.98.